The van der Waals surface area contributed by atoms with Gasteiger partial charge in [-0.05, 0) is 19.8 Å². The van der Waals surface area contributed by atoms with Crippen molar-refractivity contribution in [3.63, 3.8) is 0 Å². The Bertz CT molecular complexity index is 315. The predicted octanol–water partition coefficient (Wildman–Crippen LogP) is 1.69. The molecule has 70 valence electrons. The summed E-state index contributed by atoms with van der Waals surface area (Å²) in [5.74, 6) is 0.164. The molecule has 1 aliphatic heterocycles. The van der Waals surface area contributed by atoms with Crippen molar-refractivity contribution in [2.24, 2.45) is 0 Å². The molecule has 0 aliphatic carbocycles. The van der Waals surface area contributed by atoms with Crippen LogP contribution in [0.1, 0.15) is 28.2 Å². The molecular formula is C9H12N2OS. The van der Waals surface area contributed by atoms with Gasteiger partial charge in [0.25, 0.3) is 5.91 Å². The van der Waals surface area contributed by atoms with Crippen molar-refractivity contribution >= 4 is 17.2 Å². The van der Waals surface area contributed by atoms with E-state index >= 15 is 0 Å². The molecule has 2 heterocycles. The quantitative estimate of drug-likeness (QED) is 0.684. The Morgan fingerprint density at radius 3 is 2.77 bits per heavy atom. The molecule has 1 amide bonds. The van der Waals surface area contributed by atoms with E-state index in [-0.39, 0.29) is 5.91 Å². The maximum Gasteiger partial charge on any atom is 0.265 e. The third-order valence-electron chi connectivity index (χ3n) is 2.33. The number of likely N-dealkylation sites (tertiary alicyclic amines) is 1. The Kier molecular flexibility index (Phi) is 2.31. The number of aromatic nitrogens is 1. The van der Waals surface area contributed by atoms with E-state index in [0.717, 1.165) is 36.5 Å². The highest BCUT2D eigenvalue weighted by Gasteiger charge is 2.21. The summed E-state index contributed by atoms with van der Waals surface area (Å²) in [6.07, 6.45) is 2.28. The van der Waals surface area contributed by atoms with Gasteiger partial charge in [0.15, 0.2) is 0 Å². The number of aryl methyl sites for hydroxylation is 1. The van der Waals surface area contributed by atoms with Gasteiger partial charge in [0.1, 0.15) is 4.88 Å². The van der Waals surface area contributed by atoms with Crippen LogP contribution in [0.4, 0.5) is 0 Å². The third kappa shape index (κ3) is 1.58. The average molecular weight is 196 g/mol. The van der Waals surface area contributed by atoms with E-state index in [1.807, 2.05) is 11.8 Å². The molecule has 1 aromatic rings. The van der Waals surface area contributed by atoms with Crippen LogP contribution in [0.25, 0.3) is 0 Å². The van der Waals surface area contributed by atoms with Crippen molar-refractivity contribution < 1.29 is 4.79 Å². The lowest BCUT2D eigenvalue weighted by atomic mass is 10.3. The molecule has 0 radical (unpaired) electrons. The standard InChI is InChI=1S/C9H12N2OS/c1-7-8(13-6-10-7)9(12)11-4-2-3-5-11/h6H,2-5H2,1H3. The summed E-state index contributed by atoms with van der Waals surface area (Å²) >= 11 is 1.44. The summed E-state index contributed by atoms with van der Waals surface area (Å²) in [6.45, 7) is 3.71. The van der Waals surface area contributed by atoms with Crippen LogP contribution >= 0.6 is 11.3 Å². The highest BCUT2D eigenvalue weighted by molar-refractivity contribution is 7.11. The lowest BCUT2D eigenvalue weighted by molar-refractivity contribution is 0.0796. The average Bonchev–Trinajstić information content (AvgIpc) is 2.72. The van der Waals surface area contributed by atoms with E-state index in [1.165, 1.54) is 11.3 Å². The molecule has 1 fully saturated rings. The van der Waals surface area contributed by atoms with Crippen LogP contribution in [0.15, 0.2) is 5.51 Å². The fraction of sp³-hybridized carbons (Fsp3) is 0.556. The van der Waals surface area contributed by atoms with Crippen LogP contribution in [0, 0.1) is 6.92 Å². The van der Waals surface area contributed by atoms with Gasteiger partial charge < -0.3 is 4.90 Å². The number of thiazole rings is 1. The highest BCUT2D eigenvalue weighted by Crippen LogP contribution is 2.18. The van der Waals surface area contributed by atoms with Crippen molar-refractivity contribution in [1.82, 2.24) is 9.88 Å². The minimum atomic E-state index is 0.164. The van der Waals surface area contributed by atoms with Crippen LogP contribution in [0.5, 0.6) is 0 Å². The Balaban J connectivity index is 2.17. The van der Waals surface area contributed by atoms with Gasteiger partial charge in [0.2, 0.25) is 0 Å². The topological polar surface area (TPSA) is 33.2 Å². The van der Waals surface area contributed by atoms with Crippen LogP contribution in [0.2, 0.25) is 0 Å². The smallest absolute Gasteiger partial charge is 0.265 e. The summed E-state index contributed by atoms with van der Waals surface area (Å²) < 4.78 is 0. The van der Waals surface area contributed by atoms with Gasteiger partial charge in [-0.2, -0.15) is 0 Å². The second-order valence-corrected chi connectivity index (χ2v) is 4.12. The Morgan fingerprint density at radius 1 is 1.54 bits per heavy atom. The third-order valence-corrected chi connectivity index (χ3v) is 3.25. The van der Waals surface area contributed by atoms with Gasteiger partial charge in [-0.15, -0.1) is 11.3 Å². The Hall–Kier alpha value is -0.900. The van der Waals surface area contributed by atoms with Gasteiger partial charge in [0.05, 0.1) is 11.2 Å². The normalized spacial score (nSPS) is 16.5. The summed E-state index contributed by atoms with van der Waals surface area (Å²) in [7, 11) is 0. The van der Waals surface area contributed by atoms with E-state index in [9.17, 15) is 4.79 Å². The number of carbonyl (C=O) groups is 1. The molecule has 0 N–H and O–H groups in total. The molecule has 0 aromatic carbocycles. The number of hydrogen-bond acceptors (Lipinski definition) is 3. The summed E-state index contributed by atoms with van der Waals surface area (Å²) in [5, 5.41) is 0. The van der Waals surface area contributed by atoms with Crippen molar-refractivity contribution in [1.29, 1.82) is 0 Å². The molecule has 0 bridgehead atoms. The van der Waals surface area contributed by atoms with E-state index in [0.29, 0.717) is 0 Å². The molecule has 0 unspecified atom stereocenters. The molecule has 13 heavy (non-hydrogen) atoms. The molecule has 3 nitrogen and oxygen atoms in total. The van der Waals surface area contributed by atoms with Gasteiger partial charge in [0, 0.05) is 13.1 Å². The predicted molar refractivity (Wildman–Crippen MR) is 52.0 cm³/mol. The van der Waals surface area contributed by atoms with Crippen molar-refractivity contribution in [2.75, 3.05) is 13.1 Å². The van der Waals surface area contributed by atoms with Gasteiger partial charge in [-0.1, -0.05) is 0 Å². The molecule has 4 heteroatoms. The number of amides is 1. The summed E-state index contributed by atoms with van der Waals surface area (Å²) in [6, 6.07) is 0. The Morgan fingerprint density at radius 2 is 2.23 bits per heavy atom. The molecule has 0 spiro atoms. The van der Waals surface area contributed by atoms with E-state index in [4.69, 9.17) is 0 Å². The van der Waals surface area contributed by atoms with Crippen LogP contribution in [-0.2, 0) is 0 Å². The van der Waals surface area contributed by atoms with Gasteiger partial charge in [-0.25, -0.2) is 4.98 Å². The van der Waals surface area contributed by atoms with Crippen LogP contribution in [-0.4, -0.2) is 28.9 Å². The van der Waals surface area contributed by atoms with E-state index in [2.05, 4.69) is 4.98 Å². The second kappa shape index (κ2) is 3.46. The first-order valence-electron chi connectivity index (χ1n) is 4.48. The molecule has 1 aromatic heterocycles. The van der Waals surface area contributed by atoms with Crippen LogP contribution in [0.3, 0.4) is 0 Å². The minimum Gasteiger partial charge on any atom is -0.338 e. The van der Waals surface area contributed by atoms with Crippen molar-refractivity contribution in [3.8, 4) is 0 Å². The molecule has 1 saturated heterocycles. The van der Waals surface area contributed by atoms with Crippen LogP contribution < -0.4 is 0 Å². The first-order chi connectivity index (χ1) is 6.29. The number of rotatable bonds is 1. The minimum absolute atomic E-state index is 0.164. The zero-order valence-electron chi connectivity index (χ0n) is 7.62. The summed E-state index contributed by atoms with van der Waals surface area (Å²) in [4.78, 5) is 18.6. The monoisotopic (exact) mass is 196 g/mol. The molecule has 1 aliphatic rings. The second-order valence-electron chi connectivity index (χ2n) is 3.27. The number of carbonyl (C=O) groups excluding carboxylic acids is 1. The van der Waals surface area contributed by atoms with Gasteiger partial charge in [-0.3, -0.25) is 4.79 Å². The fourth-order valence-corrected chi connectivity index (χ4v) is 2.34. The SMILES string of the molecule is Cc1ncsc1C(=O)N1CCCC1. The summed E-state index contributed by atoms with van der Waals surface area (Å²) in [5.41, 5.74) is 2.60. The zero-order chi connectivity index (χ0) is 9.26. The van der Waals surface area contributed by atoms with E-state index < -0.39 is 0 Å². The highest BCUT2D eigenvalue weighted by atomic mass is 32.1. The first kappa shape index (κ1) is 8.69. The fourth-order valence-electron chi connectivity index (χ4n) is 1.57. The zero-order valence-corrected chi connectivity index (χ0v) is 8.43. The molecule has 0 saturated carbocycles. The first-order valence-corrected chi connectivity index (χ1v) is 5.36. The molecule has 0 atom stereocenters. The lowest BCUT2D eigenvalue weighted by Crippen LogP contribution is -2.27. The van der Waals surface area contributed by atoms with Gasteiger partial charge >= 0.3 is 0 Å². The maximum atomic E-state index is 11.8. The molecular weight excluding hydrogens is 184 g/mol. The lowest BCUT2D eigenvalue weighted by Gasteiger charge is -2.13. The largest absolute Gasteiger partial charge is 0.338 e. The number of nitrogens with zero attached hydrogens (tertiary/aromatic N) is 2. The Labute approximate surface area is 81.4 Å². The number of hydrogen-bond donors (Lipinski definition) is 0. The maximum absolute atomic E-state index is 11.8. The van der Waals surface area contributed by atoms with Crippen molar-refractivity contribution in [3.05, 3.63) is 16.1 Å². The van der Waals surface area contributed by atoms with E-state index in [1.54, 1.807) is 5.51 Å². The molecule has 2 rings (SSSR count). The van der Waals surface area contributed by atoms with Crippen molar-refractivity contribution in [2.45, 2.75) is 19.8 Å².